The van der Waals surface area contributed by atoms with Crippen molar-refractivity contribution in [1.29, 1.82) is 0 Å². The lowest BCUT2D eigenvalue weighted by molar-refractivity contribution is 0.217. The zero-order valence-corrected chi connectivity index (χ0v) is 11.2. The molecule has 0 aromatic heterocycles. The van der Waals surface area contributed by atoms with Gasteiger partial charge in [-0.1, -0.05) is 6.92 Å². The highest BCUT2D eigenvalue weighted by molar-refractivity contribution is 9.10. The van der Waals surface area contributed by atoms with E-state index in [-0.39, 0.29) is 11.9 Å². The van der Waals surface area contributed by atoms with E-state index in [0.29, 0.717) is 10.2 Å². The van der Waals surface area contributed by atoms with Crippen molar-refractivity contribution in [2.75, 3.05) is 13.1 Å². The maximum Gasteiger partial charge on any atom is 0.137 e. The molecular formula is C12H17BrFNO. The van der Waals surface area contributed by atoms with E-state index in [1.54, 1.807) is 12.1 Å². The molecule has 0 aliphatic rings. The average Bonchev–Trinajstić information content (AvgIpc) is 2.24. The predicted molar refractivity (Wildman–Crippen MR) is 67.4 cm³/mol. The highest BCUT2D eigenvalue weighted by Gasteiger charge is 2.05. The Labute approximate surface area is 104 Å². The molecule has 90 valence electrons. The van der Waals surface area contributed by atoms with E-state index < -0.39 is 0 Å². The topological polar surface area (TPSA) is 21.3 Å². The number of rotatable bonds is 6. The molecule has 0 bridgehead atoms. The van der Waals surface area contributed by atoms with E-state index in [1.807, 2.05) is 6.92 Å². The first kappa shape index (κ1) is 13.5. The molecule has 1 unspecified atom stereocenters. The third-order valence-electron chi connectivity index (χ3n) is 2.09. The number of nitrogens with one attached hydrogen (secondary N) is 1. The summed E-state index contributed by atoms with van der Waals surface area (Å²) in [5.41, 5.74) is 0. The first-order valence-corrected chi connectivity index (χ1v) is 6.25. The van der Waals surface area contributed by atoms with E-state index in [0.717, 1.165) is 19.5 Å². The number of hydrogen-bond acceptors (Lipinski definition) is 2. The third-order valence-corrected chi connectivity index (χ3v) is 2.69. The Morgan fingerprint density at radius 1 is 1.50 bits per heavy atom. The van der Waals surface area contributed by atoms with Crippen LogP contribution in [-0.4, -0.2) is 19.2 Å². The van der Waals surface area contributed by atoms with Crippen molar-refractivity contribution < 1.29 is 9.13 Å². The van der Waals surface area contributed by atoms with Crippen LogP contribution >= 0.6 is 15.9 Å². The van der Waals surface area contributed by atoms with Gasteiger partial charge in [0, 0.05) is 6.54 Å². The van der Waals surface area contributed by atoms with E-state index >= 15 is 0 Å². The minimum atomic E-state index is -0.274. The van der Waals surface area contributed by atoms with Crippen LogP contribution in [0.1, 0.15) is 20.3 Å². The van der Waals surface area contributed by atoms with Gasteiger partial charge in [0.1, 0.15) is 17.7 Å². The summed E-state index contributed by atoms with van der Waals surface area (Å²) in [6, 6.07) is 4.67. The van der Waals surface area contributed by atoms with Crippen molar-refractivity contribution in [3.8, 4) is 5.75 Å². The first-order valence-electron chi connectivity index (χ1n) is 5.46. The van der Waals surface area contributed by atoms with Crippen LogP contribution in [0.5, 0.6) is 5.75 Å². The molecule has 0 aliphatic carbocycles. The van der Waals surface area contributed by atoms with E-state index in [2.05, 4.69) is 28.2 Å². The summed E-state index contributed by atoms with van der Waals surface area (Å²) in [6.45, 7) is 5.89. The maximum atomic E-state index is 13.0. The zero-order chi connectivity index (χ0) is 12.0. The van der Waals surface area contributed by atoms with Gasteiger partial charge >= 0.3 is 0 Å². The molecule has 4 heteroatoms. The molecule has 1 aromatic carbocycles. The Morgan fingerprint density at radius 3 is 2.88 bits per heavy atom. The van der Waals surface area contributed by atoms with Gasteiger partial charge in [-0.2, -0.15) is 0 Å². The maximum absolute atomic E-state index is 13.0. The number of ether oxygens (including phenoxy) is 1. The molecule has 1 N–H and O–H groups in total. The standard InChI is InChI=1S/C12H17BrFNO/c1-3-6-15-8-9(2)16-10-4-5-12(14)11(13)7-10/h4-5,7,9,15H,3,6,8H2,1-2H3. The summed E-state index contributed by atoms with van der Waals surface area (Å²) in [7, 11) is 0. The van der Waals surface area contributed by atoms with Crippen LogP contribution in [0.25, 0.3) is 0 Å². The third kappa shape index (κ3) is 4.49. The van der Waals surface area contributed by atoms with Crippen molar-refractivity contribution in [1.82, 2.24) is 5.32 Å². The second kappa shape index (κ2) is 6.86. The molecule has 16 heavy (non-hydrogen) atoms. The Balaban J connectivity index is 2.43. The monoisotopic (exact) mass is 289 g/mol. The normalized spacial score (nSPS) is 12.5. The average molecular weight is 290 g/mol. The molecule has 0 heterocycles. The van der Waals surface area contributed by atoms with E-state index in [9.17, 15) is 4.39 Å². The molecule has 1 rings (SSSR count). The molecule has 0 radical (unpaired) electrons. The van der Waals surface area contributed by atoms with Crippen LogP contribution in [0.2, 0.25) is 0 Å². The van der Waals surface area contributed by atoms with Crippen molar-refractivity contribution >= 4 is 15.9 Å². The summed E-state index contributed by atoms with van der Waals surface area (Å²) in [4.78, 5) is 0. The fourth-order valence-electron chi connectivity index (χ4n) is 1.31. The molecule has 1 aromatic rings. The van der Waals surface area contributed by atoms with Gasteiger partial charge < -0.3 is 10.1 Å². The fraction of sp³-hybridized carbons (Fsp3) is 0.500. The van der Waals surface area contributed by atoms with Crippen molar-refractivity contribution in [2.45, 2.75) is 26.4 Å². The molecule has 1 atom stereocenters. The molecule has 0 amide bonds. The van der Waals surface area contributed by atoms with Crippen LogP contribution in [-0.2, 0) is 0 Å². The summed E-state index contributed by atoms with van der Waals surface area (Å²) in [6.07, 6.45) is 1.18. The summed E-state index contributed by atoms with van der Waals surface area (Å²) in [5, 5.41) is 3.27. The summed E-state index contributed by atoms with van der Waals surface area (Å²) in [5.74, 6) is 0.406. The van der Waals surface area contributed by atoms with Gasteiger partial charge in [-0.05, 0) is 54.0 Å². The molecule has 0 aliphatic heterocycles. The van der Waals surface area contributed by atoms with E-state index in [1.165, 1.54) is 6.07 Å². The fourth-order valence-corrected chi connectivity index (χ4v) is 1.66. The summed E-state index contributed by atoms with van der Waals surface area (Å²) >= 11 is 3.13. The van der Waals surface area contributed by atoms with Gasteiger partial charge in [-0.25, -0.2) is 4.39 Å². The highest BCUT2D eigenvalue weighted by atomic mass is 79.9. The van der Waals surface area contributed by atoms with Crippen molar-refractivity contribution in [2.24, 2.45) is 0 Å². The number of benzene rings is 1. The van der Waals surface area contributed by atoms with Gasteiger partial charge in [-0.3, -0.25) is 0 Å². The molecule has 0 fully saturated rings. The van der Waals surface area contributed by atoms with Gasteiger partial charge in [0.25, 0.3) is 0 Å². The van der Waals surface area contributed by atoms with Crippen molar-refractivity contribution in [3.63, 3.8) is 0 Å². The lowest BCUT2D eigenvalue weighted by Gasteiger charge is -2.15. The van der Waals surface area contributed by atoms with Crippen LogP contribution in [0.4, 0.5) is 4.39 Å². The Kier molecular flexibility index (Phi) is 5.77. The Bertz CT molecular complexity index is 333. The van der Waals surface area contributed by atoms with Crippen LogP contribution in [0.3, 0.4) is 0 Å². The zero-order valence-electron chi connectivity index (χ0n) is 9.59. The van der Waals surface area contributed by atoms with Gasteiger partial charge in [0.15, 0.2) is 0 Å². The van der Waals surface area contributed by atoms with E-state index in [4.69, 9.17) is 4.74 Å². The Hall–Kier alpha value is -0.610. The SMILES string of the molecule is CCCNCC(C)Oc1ccc(F)c(Br)c1. The predicted octanol–water partition coefficient (Wildman–Crippen LogP) is 3.36. The minimum Gasteiger partial charge on any atom is -0.489 e. The van der Waals surface area contributed by atoms with Gasteiger partial charge in [-0.15, -0.1) is 0 Å². The smallest absolute Gasteiger partial charge is 0.137 e. The highest BCUT2D eigenvalue weighted by Crippen LogP contribution is 2.22. The molecule has 0 saturated carbocycles. The quantitative estimate of drug-likeness (QED) is 0.811. The number of halogens is 2. The molecule has 0 spiro atoms. The first-order chi connectivity index (χ1) is 7.63. The minimum absolute atomic E-state index is 0.0731. The van der Waals surface area contributed by atoms with Gasteiger partial charge in [0.2, 0.25) is 0 Å². The van der Waals surface area contributed by atoms with Crippen LogP contribution in [0, 0.1) is 5.82 Å². The lowest BCUT2D eigenvalue weighted by atomic mass is 10.3. The lowest BCUT2D eigenvalue weighted by Crippen LogP contribution is -2.29. The molecule has 0 saturated heterocycles. The Morgan fingerprint density at radius 2 is 2.25 bits per heavy atom. The van der Waals surface area contributed by atoms with Crippen LogP contribution < -0.4 is 10.1 Å². The second-order valence-corrected chi connectivity index (χ2v) is 4.56. The molecular weight excluding hydrogens is 273 g/mol. The largest absolute Gasteiger partial charge is 0.489 e. The number of hydrogen-bond donors (Lipinski definition) is 1. The molecule has 2 nitrogen and oxygen atoms in total. The second-order valence-electron chi connectivity index (χ2n) is 3.71. The van der Waals surface area contributed by atoms with Crippen molar-refractivity contribution in [3.05, 3.63) is 28.5 Å². The summed E-state index contributed by atoms with van der Waals surface area (Å²) < 4.78 is 19.0. The van der Waals surface area contributed by atoms with Crippen LogP contribution in [0.15, 0.2) is 22.7 Å². The van der Waals surface area contributed by atoms with Gasteiger partial charge in [0.05, 0.1) is 4.47 Å².